The van der Waals surface area contributed by atoms with E-state index in [1.54, 1.807) is 0 Å². The molecule has 0 radical (unpaired) electrons. The lowest BCUT2D eigenvalue weighted by molar-refractivity contribution is 0.271. The predicted octanol–water partition coefficient (Wildman–Crippen LogP) is 4.61. The second-order valence-electron chi connectivity index (χ2n) is 5.36. The fourth-order valence-electron chi connectivity index (χ4n) is 1.88. The standard InChI is InChI=1S/C17H19F2NO/c1-12(2)11-21-17-5-3-4-16(9-17)20-10-13-6-14(18)8-15(19)7-13/h3-9,12,20H,10-11H2,1-2H3. The molecule has 0 aliphatic carbocycles. The van der Waals surface area contributed by atoms with Crippen LogP contribution in [0.4, 0.5) is 14.5 Å². The first-order valence-electron chi connectivity index (χ1n) is 6.94. The highest BCUT2D eigenvalue weighted by Crippen LogP contribution is 2.19. The van der Waals surface area contributed by atoms with Gasteiger partial charge in [-0.1, -0.05) is 19.9 Å². The Labute approximate surface area is 123 Å². The van der Waals surface area contributed by atoms with Gasteiger partial charge in [-0.05, 0) is 35.7 Å². The van der Waals surface area contributed by atoms with E-state index >= 15 is 0 Å². The molecule has 0 spiro atoms. The average Bonchev–Trinajstić information content (AvgIpc) is 2.42. The summed E-state index contributed by atoms with van der Waals surface area (Å²) in [6, 6.07) is 11.0. The number of hydrogen-bond acceptors (Lipinski definition) is 2. The minimum atomic E-state index is -0.569. The van der Waals surface area contributed by atoms with Crippen LogP contribution in [0.2, 0.25) is 0 Å². The molecule has 2 nitrogen and oxygen atoms in total. The van der Waals surface area contributed by atoms with Crippen molar-refractivity contribution in [3.63, 3.8) is 0 Å². The van der Waals surface area contributed by atoms with Crippen molar-refractivity contribution < 1.29 is 13.5 Å². The molecule has 0 aromatic heterocycles. The summed E-state index contributed by atoms with van der Waals surface area (Å²) in [7, 11) is 0. The normalized spacial score (nSPS) is 10.7. The van der Waals surface area contributed by atoms with E-state index in [0.29, 0.717) is 24.6 Å². The summed E-state index contributed by atoms with van der Waals surface area (Å²) in [5, 5.41) is 3.13. The maximum absolute atomic E-state index is 13.1. The summed E-state index contributed by atoms with van der Waals surface area (Å²) in [6.07, 6.45) is 0. The van der Waals surface area contributed by atoms with Gasteiger partial charge < -0.3 is 10.1 Å². The lowest BCUT2D eigenvalue weighted by Gasteiger charge is -2.11. The highest BCUT2D eigenvalue weighted by molar-refractivity contribution is 5.48. The monoisotopic (exact) mass is 291 g/mol. The first kappa shape index (κ1) is 15.3. The quantitative estimate of drug-likeness (QED) is 0.839. The summed E-state index contributed by atoms with van der Waals surface area (Å²) < 4.78 is 31.9. The van der Waals surface area contributed by atoms with E-state index in [9.17, 15) is 8.78 Å². The van der Waals surface area contributed by atoms with Crippen LogP contribution in [0.5, 0.6) is 5.75 Å². The number of rotatable bonds is 6. The number of hydrogen-bond donors (Lipinski definition) is 1. The Morgan fingerprint density at radius 3 is 2.43 bits per heavy atom. The zero-order valence-corrected chi connectivity index (χ0v) is 12.2. The zero-order chi connectivity index (χ0) is 15.2. The van der Waals surface area contributed by atoms with Gasteiger partial charge in [0, 0.05) is 24.4 Å². The van der Waals surface area contributed by atoms with Crippen molar-refractivity contribution in [2.24, 2.45) is 5.92 Å². The molecule has 0 saturated carbocycles. The van der Waals surface area contributed by atoms with Crippen LogP contribution in [-0.2, 0) is 6.54 Å². The zero-order valence-electron chi connectivity index (χ0n) is 12.2. The number of ether oxygens (including phenoxy) is 1. The van der Waals surface area contributed by atoms with Gasteiger partial charge in [-0.2, -0.15) is 0 Å². The number of halogens is 2. The molecule has 112 valence electrons. The van der Waals surface area contributed by atoms with Gasteiger partial charge in [0.05, 0.1) is 6.61 Å². The highest BCUT2D eigenvalue weighted by atomic mass is 19.1. The largest absolute Gasteiger partial charge is 0.493 e. The molecule has 2 rings (SSSR count). The lowest BCUT2D eigenvalue weighted by atomic mass is 10.2. The molecule has 0 heterocycles. The van der Waals surface area contributed by atoms with Crippen molar-refractivity contribution in [3.8, 4) is 5.75 Å². The molecular formula is C17H19F2NO. The van der Waals surface area contributed by atoms with Gasteiger partial charge in [0.15, 0.2) is 0 Å². The van der Waals surface area contributed by atoms with Gasteiger partial charge >= 0.3 is 0 Å². The van der Waals surface area contributed by atoms with E-state index in [0.717, 1.165) is 17.5 Å². The average molecular weight is 291 g/mol. The van der Waals surface area contributed by atoms with E-state index in [2.05, 4.69) is 19.2 Å². The summed E-state index contributed by atoms with van der Waals surface area (Å²) in [5.41, 5.74) is 1.40. The SMILES string of the molecule is CC(C)COc1cccc(NCc2cc(F)cc(F)c2)c1. The molecule has 0 bridgehead atoms. The predicted molar refractivity (Wildman–Crippen MR) is 80.5 cm³/mol. The Morgan fingerprint density at radius 1 is 1.05 bits per heavy atom. The summed E-state index contributed by atoms with van der Waals surface area (Å²) in [4.78, 5) is 0. The number of benzene rings is 2. The van der Waals surface area contributed by atoms with E-state index in [1.165, 1.54) is 12.1 Å². The van der Waals surface area contributed by atoms with Gasteiger partial charge in [0.1, 0.15) is 17.4 Å². The molecule has 4 heteroatoms. The molecule has 1 N–H and O–H groups in total. The Kier molecular flexibility index (Phi) is 5.14. The highest BCUT2D eigenvalue weighted by Gasteiger charge is 2.02. The van der Waals surface area contributed by atoms with Crippen LogP contribution in [0, 0.1) is 17.6 Å². The van der Waals surface area contributed by atoms with Crippen LogP contribution in [0.3, 0.4) is 0 Å². The number of nitrogens with one attached hydrogen (secondary N) is 1. The van der Waals surface area contributed by atoms with E-state index in [1.807, 2.05) is 24.3 Å². The summed E-state index contributed by atoms with van der Waals surface area (Å²) >= 11 is 0. The fourth-order valence-corrected chi connectivity index (χ4v) is 1.88. The minimum Gasteiger partial charge on any atom is -0.493 e. The number of anilines is 1. The molecule has 2 aromatic rings. The third-order valence-corrected chi connectivity index (χ3v) is 2.84. The summed E-state index contributed by atoms with van der Waals surface area (Å²) in [6.45, 7) is 5.17. The fraction of sp³-hybridized carbons (Fsp3) is 0.294. The Morgan fingerprint density at radius 2 is 1.76 bits per heavy atom. The van der Waals surface area contributed by atoms with Crippen LogP contribution < -0.4 is 10.1 Å². The molecule has 0 atom stereocenters. The van der Waals surface area contributed by atoms with Crippen molar-refractivity contribution in [2.45, 2.75) is 20.4 Å². The molecule has 0 amide bonds. The van der Waals surface area contributed by atoms with Gasteiger partial charge in [-0.15, -0.1) is 0 Å². The van der Waals surface area contributed by atoms with Crippen molar-refractivity contribution >= 4 is 5.69 Å². The van der Waals surface area contributed by atoms with Gasteiger partial charge in [-0.25, -0.2) is 8.78 Å². The molecular weight excluding hydrogens is 272 g/mol. The first-order valence-corrected chi connectivity index (χ1v) is 6.94. The van der Waals surface area contributed by atoms with E-state index in [4.69, 9.17) is 4.74 Å². The second-order valence-corrected chi connectivity index (χ2v) is 5.36. The molecule has 0 fully saturated rings. The van der Waals surface area contributed by atoms with Crippen molar-refractivity contribution in [1.82, 2.24) is 0 Å². The molecule has 0 saturated heterocycles. The van der Waals surface area contributed by atoms with Gasteiger partial charge in [0.2, 0.25) is 0 Å². The van der Waals surface area contributed by atoms with Gasteiger partial charge in [0.25, 0.3) is 0 Å². The van der Waals surface area contributed by atoms with E-state index < -0.39 is 11.6 Å². The van der Waals surface area contributed by atoms with Crippen LogP contribution >= 0.6 is 0 Å². The molecule has 0 unspecified atom stereocenters. The minimum absolute atomic E-state index is 0.350. The van der Waals surface area contributed by atoms with Crippen molar-refractivity contribution in [3.05, 3.63) is 59.7 Å². The third-order valence-electron chi connectivity index (χ3n) is 2.84. The maximum Gasteiger partial charge on any atom is 0.126 e. The topological polar surface area (TPSA) is 21.3 Å². The molecule has 2 aromatic carbocycles. The Balaban J connectivity index is 1.98. The van der Waals surface area contributed by atoms with Crippen LogP contribution in [0.15, 0.2) is 42.5 Å². The maximum atomic E-state index is 13.1. The molecule has 0 aliphatic heterocycles. The van der Waals surface area contributed by atoms with E-state index in [-0.39, 0.29) is 0 Å². The summed E-state index contributed by atoms with van der Waals surface area (Å²) in [5.74, 6) is 0.0950. The second kappa shape index (κ2) is 7.07. The lowest BCUT2D eigenvalue weighted by Crippen LogP contribution is -2.05. The van der Waals surface area contributed by atoms with Crippen LogP contribution in [0.1, 0.15) is 19.4 Å². The molecule has 0 aliphatic rings. The smallest absolute Gasteiger partial charge is 0.126 e. The Hall–Kier alpha value is -2.10. The van der Waals surface area contributed by atoms with Crippen molar-refractivity contribution in [1.29, 1.82) is 0 Å². The molecule has 21 heavy (non-hydrogen) atoms. The van der Waals surface area contributed by atoms with Crippen LogP contribution in [-0.4, -0.2) is 6.61 Å². The Bertz CT molecular complexity index is 579. The van der Waals surface area contributed by atoms with Crippen LogP contribution in [0.25, 0.3) is 0 Å². The van der Waals surface area contributed by atoms with Gasteiger partial charge in [-0.3, -0.25) is 0 Å². The van der Waals surface area contributed by atoms with Crippen molar-refractivity contribution in [2.75, 3.05) is 11.9 Å². The third kappa shape index (κ3) is 5.06. The first-order chi connectivity index (χ1) is 10.0.